The number of carbonyl (C=O) groups is 1. The summed E-state index contributed by atoms with van der Waals surface area (Å²) >= 11 is 0. The Morgan fingerprint density at radius 3 is 2.73 bits per heavy atom. The molecule has 0 radical (unpaired) electrons. The van der Waals surface area contributed by atoms with Crippen molar-refractivity contribution in [1.29, 1.82) is 10.7 Å². The van der Waals surface area contributed by atoms with Crippen molar-refractivity contribution in [2.24, 2.45) is 0 Å². The minimum Gasteiger partial charge on any atom is -0.337 e. The SMILES string of the molecule is CC(=O)N1CCc2c(nn(-c3ccccc3)c(=N)c2C#N)C1. The molecule has 3 rings (SSSR count). The van der Waals surface area contributed by atoms with Gasteiger partial charge >= 0.3 is 0 Å². The molecule has 1 amide bonds. The molecular weight excluding hydrogens is 278 g/mol. The summed E-state index contributed by atoms with van der Waals surface area (Å²) in [5.41, 5.74) is 2.64. The fraction of sp³-hybridized carbons (Fsp3) is 0.250. The molecular formula is C16H15N5O. The van der Waals surface area contributed by atoms with Crippen LogP contribution in [0, 0.1) is 16.7 Å². The third kappa shape index (κ3) is 2.27. The van der Waals surface area contributed by atoms with Crippen molar-refractivity contribution in [3.63, 3.8) is 0 Å². The van der Waals surface area contributed by atoms with Crippen molar-refractivity contribution in [3.8, 4) is 11.8 Å². The summed E-state index contributed by atoms with van der Waals surface area (Å²) in [6.45, 7) is 2.47. The standard InChI is InChI=1S/C16H15N5O/c1-11(22)20-8-7-13-14(9-17)16(18)21(19-15(13)10-20)12-5-3-2-4-6-12/h2-6,18H,7-8,10H2,1H3. The average Bonchev–Trinajstić information content (AvgIpc) is 2.54. The van der Waals surface area contributed by atoms with Crippen LogP contribution in [0.25, 0.3) is 5.69 Å². The highest BCUT2D eigenvalue weighted by Gasteiger charge is 2.24. The number of nitrogens with one attached hydrogen (secondary N) is 1. The maximum absolute atomic E-state index is 11.6. The van der Waals surface area contributed by atoms with E-state index >= 15 is 0 Å². The second-order valence-corrected chi connectivity index (χ2v) is 5.20. The van der Waals surface area contributed by atoms with Crippen molar-refractivity contribution in [2.45, 2.75) is 19.9 Å². The number of aromatic nitrogens is 2. The molecule has 6 nitrogen and oxygen atoms in total. The first-order chi connectivity index (χ1) is 10.6. The second kappa shape index (κ2) is 5.45. The first-order valence-electron chi connectivity index (χ1n) is 7.02. The minimum atomic E-state index is -0.00725. The van der Waals surface area contributed by atoms with Gasteiger partial charge < -0.3 is 4.90 Å². The van der Waals surface area contributed by atoms with Gasteiger partial charge in [0.15, 0.2) is 5.49 Å². The van der Waals surface area contributed by atoms with Gasteiger partial charge in [0, 0.05) is 19.0 Å². The van der Waals surface area contributed by atoms with Crippen LogP contribution in [0.1, 0.15) is 23.7 Å². The summed E-state index contributed by atoms with van der Waals surface area (Å²) in [5.74, 6) is -0.00725. The van der Waals surface area contributed by atoms with E-state index in [1.165, 1.54) is 11.6 Å². The molecule has 0 atom stereocenters. The number of amides is 1. The number of fused-ring (bicyclic) bond motifs is 1. The minimum absolute atomic E-state index is 0.00725. The van der Waals surface area contributed by atoms with Gasteiger partial charge in [-0.3, -0.25) is 10.2 Å². The van der Waals surface area contributed by atoms with Gasteiger partial charge in [-0.1, -0.05) is 18.2 Å². The molecule has 0 aliphatic carbocycles. The molecule has 22 heavy (non-hydrogen) atoms. The first kappa shape index (κ1) is 14.0. The van der Waals surface area contributed by atoms with E-state index in [4.69, 9.17) is 5.41 Å². The highest BCUT2D eigenvalue weighted by atomic mass is 16.2. The first-order valence-corrected chi connectivity index (χ1v) is 7.02. The maximum Gasteiger partial charge on any atom is 0.219 e. The van der Waals surface area contributed by atoms with Gasteiger partial charge in [-0.2, -0.15) is 10.4 Å². The number of nitriles is 1. The van der Waals surface area contributed by atoms with Crippen LogP contribution in [-0.2, 0) is 17.8 Å². The number of hydrogen-bond donors (Lipinski definition) is 1. The van der Waals surface area contributed by atoms with Crippen molar-refractivity contribution < 1.29 is 4.79 Å². The molecule has 0 saturated heterocycles. The third-order valence-electron chi connectivity index (χ3n) is 3.85. The monoisotopic (exact) mass is 293 g/mol. The van der Waals surface area contributed by atoms with E-state index in [1.54, 1.807) is 4.90 Å². The van der Waals surface area contributed by atoms with Crippen molar-refractivity contribution in [3.05, 3.63) is 52.6 Å². The summed E-state index contributed by atoms with van der Waals surface area (Å²) in [4.78, 5) is 13.3. The number of para-hydroxylation sites is 1. The molecule has 1 aliphatic rings. The number of rotatable bonds is 1. The van der Waals surface area contributed by atoms with Crippen molar-refractivity contribution in [2.75, 3.05) is 6.54 Å². The summed E-state index contributed by atoms with van der Waals surface area (Å²) in [6.07, 6.45) is 0.562. The summed E-state index contributed by atoms with van der Waals surface area (Å²) in [6, 6.07) is 11.4. The van der Waals surface area contributed by atoms with Crippen molar-refractivity contribution >= 4 is 5.91 Å². The predicted molar refractivity (Wildman–Crippen MR) is 78.9 cm³/mol. The van der Waals surface area contributed by atoms with Crippen LogP contribution >= 0.6 is 0 Å². The largest absolute Gasteiger partial charge is 0.337 e. The highest BCUT2D eigenvalue weighted by molar-refractivity contribution is 5.73. The third-order valence-corrected chi connectivity index (χ3v) is 3.85. The average molecular weight is 293 g/mol. The second-order valence-electron chi connectivity index (χ2n) is 5.20. The Bertz CT molecular complexity index is 832. The molecule has 0 saturated carbocycles. The van der Waals surface area contributed by atoms with E-state index in [9.17, 15) is 10.1 Å². The van der Waals surface area contributed by atoms with Crippen LogP contribution < -0.4 is 5.49 Å². The molecule has 2 heterocycles. The Balaban J connectivity index is 2.19. The molecule has 0 unspecified atom stereocenters. The van der Waals surface area contributed by atoms with Crippen LogP contribution in [0.5, 0.6) is 0 Å². The fourth-order valence-electron chi connectivity index (χ4n) is 2.67. The summed E-state index contributed by atoms with van der Waals surface area (Å²) in [5, 5.41) is 22.2. The topological polar surface area (TPSA) is 85.8 Å². The molecule has 1 N–H and O–H groups in total. The molecule has 0 bridgehead atoms. The molecule has 0 fully saturated rings. The summed E-state index contributed by atoms with van der Waals surface area (Å²) < 4.78 is 1.46. The van der Waals surface area contributed by atoms with Crippen LogP contribution in [0.4, 0.5) is 0 Å². The molecule has 1 aromatic carbocycles. The molecule has 2 aromatic rings. The predicted octanol–water partition coefficient (Wildman–Crippen LogP) is 1.13. The quantitative estimate of drug-likeness (QED) is 0.855. The molecule has 1 aromatic heterocycles. The summed E-state index contributed by atoms with van der Waals surface area (Å²) in [7, 11) is 0. The number of nitrogens with zero attached hydrogens (tertiary/aromatic N) is 4. The smallest absolute Gasteiger partial charge is 0.219 e. The maximum atomic E-state index is 11.6. The zero-order valence-electron chi connectivity index (χ0n) is 12.2. The lowest BCUT2D eigenvalue weighted by Crippen LogP contribution is -2.38. The van der Waals surface area contributed by atoms with E-state index in [-0.39, 0.29) is 11.4 Å². The lowest BCUT2D eigenvalue weighted by molar-refractivity contribution is -0.129. The van der Waals surface area contributed by atoms with Gasteiger partial charge in [-0.25, -0.2) is 4.68 Å². The number of hydrogen-bond acceptors (Lipinski definition) is 4. The van der Waals surface area contributed by atoms with Gasteiger partial charge in [0.25, 0.3) is 0 Å². The Morgan fingerprint density at radius 1 is 1.36 bits per heavy atom. The zero-order chi connectivity index (χ0) is 15.7. The Labute approximate surface area is 127 Å². The van der Waals surface area contributed by atoms with E-state index in [0.29, 0.717) is 30.8 Å². The number of benzene rings is 1. The molecule has 110 valence electrons. The van der Waals surface area contributed by atoms with Crippen LogP contribution in [0.3, 0.4) is 0 Å². The molecule has 6 heteroatoms. The van der Waals surface area contributed by atoms with Gasteiger partial charge in [-0.15, -0.1) is 0 Å². The van der Waals surface area contributed by atoms with Gasteiger partial charge in [0.2, 0.25) is 5.91 Å². The Hall–Kier alpha value is -2.94. The van der Waals surface area contributed by atoms with E-state index in [0.717, 1.165) is 11.3 Å². The van der Waals surface area contributed by atoms with Crippen LogP contribution in [0.15, 0.2) is 30.3 Å². The fourth-order valence-corrected chi connectivity index (χ4v) is 2.67. The van der Waals surface area contributed by atoms with Crippen LogP contribution in [0.2, 0.25) is 0 Å². The van der Waals surface area contributed by atoms with Crippen molar-refractivity contribution in [1.82, 2.24) is 14.7 Å². The van der Waals surface area contributed by atoms with E-state index in [2.05, 4.69) is 11.2 Å². The molecule has 0 spiro atoms. The Kier molecular flexibility index (Phi) is 3.47. The van der Waals surface area contributed by atoms with Gasteiger partial charge in [-0.05, 0) is 18.6 Å². The molecule has 1 aliphatic heterocycles. The van der Waals surface area contributed by atoms with Crippen LogP contribution in [-0.4, -0.2) is 27.1 Å². The lowest BCUT2D eigenvalue weighted by atomic mass is 10.0. The van der Waals surface area contributed by atoms with Gasteiger partial charge in [0.1, 0.15) is 11.6 Å². The lowest BCUT2D eigenvalue weighted by Gasteiger charge is -2.28. The Morgan fingerprint density at radius 2 is 2.09 bits per heavy atom. The van der Waals surface area contributed by atoms with Gasteiger partial charge in [0.05, 0.1) is 17.9 Å². The highest BCUT2D eigenvalue weighted by Crippen LogP contribution is 2.19. The normalized spacial score (nSPS) is 13.4. The van der Waals surface area contributed by atoms with E-state index in [1.807, 2.05) is 30.3 Å². The zero-order valence-corrected chi connectivity index (χ0v) is 12.2. The number of carbonyl (C=O) groups excluding carboxylic acids is 1. The van der Waals surface area contributed by atoms with E-state index < -0.39 is 0 Å².